The molecule has 1 heterocycles. The lowest BCUT2D eigenvalue weighted by Crippen LogP contribution is -2.51. The maximum Gasteiger partial charge on any atom is 0.223 e. The van der Waals surface area contributed by atoms with Gasteiger partial charge in [0, 0.05) is 5.92 Å². The summed E-state index contributed by atoms with van der Waals surface area (Å²) in [6.45, 7) is 1.98. The van der Waals surface area contributed by atoms with Gasteiger partial charge in [-0.2, -0.15) is 0 Å². The van der Waals surface area contributed by atoms with Crippen molar-refractivity contribution < 1.29 is 9.53 Å². The molecule has 80 valence electrons. The van der Waals surface area contributed by atoms with Crippen LogP contribution in [0, 0.1) is 11.8 Å². The number of amides is 1. The van der Waals surface area contributed by atoms with Crippen LogP contribution in [0.25, 0.3) is 0 Å². The number of carbonyl (C=O) groups is 1. The summed E-state index contributed by atoms with van der Waals surface area (Å²) in [5.41, 5.74) is 5.63. The van der Waals surface area contributed by atoms with Crippen molar-refractivity contribution in [2.75, 3.05) is 19.8 Å². The Morgan fingerprint density at radius 3 is 2.79 bits per heavy atom. The zero-order valence-electron chi connectivity index (χ0n) is 8.37. The van der Waals surface area contributed by atoms with Gasteiger partial charge in [-0.15, -0.1) is 0 Å². The molecule has 4 heteroatoms. The first-order valence-corrected chi connectivity index (χ1v) is 5.39. The molecule has 1 saturated carbocycles. The average Bonchev–Trinajstić information content (AvgIpc) is 2.58. The molecule has 2 fully saturated rings. The summed E-state index contributed by atoms with van der Waals surface area (Å²) in [4.78, 5) is 11.8. The third-order valence-corrected chi connectivity index (χ3v) is 3.28. The Morgan fingerprint density at radius 2 is 2.21 bits per heavy atom. The Kier molecular flexibility index (Phi) is 3.03. The van der Waals surface area contributed by atoms with Crippen LogP contribution in [0.15, 0.2) is 0 Å². The lowest BCUT2D eigenvalue weighted by Gasteiger charge is -2.29. The Bertz CT molecular complexity index is 216. The van der Waals surface area contributed by atoms with Gasteiger partial charge in [0.2, 0.25) is 5.91 Å². The van der Waals surface area contributed by atoms with Gasteiger partial charge in [0.1, 0.15) is 0 Å². The molecule has 1 amide bonds. The fourth-order valence-corrected chi connectivity index (χ4v) is 2.29. The molecule has 0 spiro atoms. The molecule has 1 aliphatic heterocycles. The van der Waals surface area contributed by atoms with Gasteiger partial charge in [-0.3, -0.25) is 4.79 Å². The zero-order chi connectivity index (χ0) is 9.97. The van der Waals surface area contributed by atoms with Crippen LogP contribution in [-0.2, 0) is 9.53 Å². The van der Waals surface area contributed by atoms with E-state index >= 15 is 0 Å². The van der Waals surface area contributed by atoms with E-state index in [1.165, 1.54) is 0 Å². The van der Waals surface area contributed by atoms with Gasteiger partial charge in [0.25, 0.3) is 0 Å². The standard InChI is InChI=1S/C10H18N2O2/c11-4-7-2-1-3-9(7)10(13)12-8-5-14-6-8/h7-9H,1-6,11H2,(H,12,13). The van der Waals surface area contributed by atoms with Crippen LogP contribution in [0.4, 0.5) is 0 Å². The van der Waals surface area contributed by atoms with E-state index in [-0.39, 0.29) is 17.9 Å². The van der Waals surface area contributed by atoms with Gasteiger partial charge < -0.3 is 15.8 Å². The summed E-state index contributed by atoms with van der Waals surface area (Å²) in [6.07, 6.45) is 3.25. The van der Waals surface area contributed by atoms with E-state index in [0.29, 0.717) is 25.7 Å². The molecule has 1 saturated heterocycles. The second kappa shape index (κ2) is 4.28. The third-order valence-electron chi connectivity index (χ3n) is 3.28. The van der Waals surface area contributed by atoms with E-state index in [1.54, 1.807) is 0 Å². The monoisotopic (exact) mass is 198 g/mol. The van der Waals surface area contributed by atoms with Crippen LogP contribution in [0.1, 0.15) is 19.3 Å². The number of carbonyl (C=O) groups excluding carboxylic acids is 1. The van der Waals surface area contributed by atoms with Gasteiger partial charge in [0.15, 0.2) is 0 Å². The highest BCUT2D eigenvalue weighted by Gasteiger charge is 2.33. The fraction of sp³-hybridized carbons (Fsp3) is 0.900. The molecule has 2 unspecified atom stereocenters. The number of hydrogen-bond acceptors (Lipinski definition) is 3. The molecule has 2 aliphatic rings. The topological polar surface area (TPSA) is 64.4 Å². The third kappa shape index (κ3) is 1.91. The van der Waals surface area contributed by atoms with Crippen LogP contribution in [0.3, 0.4) is 0 Å². The second-order valence-corrected chi connectivity index (χ2v) is 4.28. The Morgan fingerprint density at radius 1 is 1.43 bits per heavy atom. The van der Waals surface area contributed by atoms with E-state index in [2.05, 4.69) is 5.32 Å². The fourth-order valence-electron chi connectivity index (χ4n) is 2.29. The lowest BCUT2D eigenvalue weighted by atomic mass is 9.95. The average molecular weight is 198 g/mol. The summed E-state index contributed by atoms with van der Waals surface area (Å²) in [5.74, 6) is 0.739. The SMILES string of the molecule is NCC1CCCC1C(=O)NC1COC1. The largest absolute Gasteiger partial charge is 0.377 e. The summed E-state index contributed by atoms with van der Waals surface area (Å²) in [6, 6.07) is 0.251. The summed E-state index contributed by atoms with van der Waals surface area (Å²) >= 11 is 0. The number of nitrogens with one attached hydrogen (secondary N) is 1. The first kappa shape index (κ1) is 9.93. The first-order chi connectivity index (χ1) is 6.81. The molecule has 1 aliphatic carbocycles. The minimum Gasteiger partial charge on any atom is -0.377 e. The smallest absolute Gasteiger partial charge is 0.223 e. The van der Waals surface area contributed by atoms with Crippen molar-refractivity contribution in [1.82, 2.24) is 5.32 Å². The molecule has 0 aromatic heterocycles. The van der Waals surface area contributed by atoms with Crippen LogP contribution in [-0.4, -0.2) is 31.7 Å². The van der Waals surface area contributed by atoms with Gasteiger partial charge in [-0.1, -0.05) is 6.42 Å². The quantitative estimate of drug-likeness (QED) is 0.664. The van der Waals surface area contributed by atoms with E-state index in [1.807, 2.05) is 0 Å². The predicted molar refractivity (Wildman–Crippen MR) is 52.6 cm³/mol. The van der Waals surface area contributed by atoms with Crippen molar-refractivity contribution in [2.45, 2.75) is 25.3 Å². The van der Waals surface area contributed by atoms with E-state index in [0.717, 1.165) is 19.3 Å². The van der Waals surface area contributed by atoms with Gasteiger partial charge >= 0.3 is 0 Å². The molecule has 0 aromatic carbocycles. The second-order valence-electron chi connectivity index (χ2n) is 4.28. The minimum absolute atomic E-state index is 0.153. The van der Waals surface area contributed by atoms with E-state index < -0.39 is 0 Å². The number of hydrogen-bond donors (Lipinski definition) is 2. The Hall–Kier alpha value is -0.610. The molecule has 0 radical (unpaired) electrons. The van der Waals surface area contributed by atoms with Gasteiger partial charge in [0.05, 0.1) is 19.3 Å². The summed E-state index contributed by atoms with van der Waals surface area (Å²) < 4.78 is 5.01. The summed E-state index contributed by atoms with van der Waals surface area (Å²) in [7, 11) is 0. The first-order valence-electron chi connectivity index (χ1n) is 5.39. The maximum absolute atomic E-state index is 11.8. The Balaban J connectivity index is 1.83. The van der Waals surface area contributed by atoms with Crippen molar-refractivity contribution in [1.29, 1.82) is 0 Å². The van der Waals surface area contributed by atoms with Crippen LogP contribution < -0.4 is 11.1 Å². The highest BCUT2D eigenvalue weighted by molar-refractivity contribution is 5.79. The molecule has 0 aromatic rings. The van der Waals surface area contributed by atoms with Crippen molar-refractivity contribution in [3.05, 3.63) is 0 Å². The van der Waals surface area contributed by atoms with Crippen LogP contribution in [0.2, 0.25) is 0 Å². The molecule has 2 atom stereocenters. The molecular weight excluding hydrogens is 180 g/mol. The van der Waals surface area contributed by atoms with Crippen molar-refractivity contribution in [2.24, 2.45) is 17.6 Å². The predicted octanol–water partition coefficient (Wildman–Crippen LogP) is -0.124. The highest BCUT2D eigenvalue weighted by Crippen LogP contribution is 2.31. The molecule has 4 nitrogen and oxygen atoms in total. The molecule has 0 bridgehead atoms. The van der Waals surface area contributed by atoms with E-state index in [9.17, 15) is 4.79 Å². The van der Waals surface area contributed by atoms with Crippen molar-refractivity contribution in [3.8, 4) is 0 Å². The number of ether oxygens (including phenoxy) is 1. The minimum atomic E-state index is 0.153. The molecule has 2 rings (SSSR count). The normalized spacial score (nSPS) is 32.6. The highest BCUT2D eigenvalue weighted by atomic mass is 16.5. The number of rotatable bonds is 3. The van der Waals surface area contributed by atoms with Crippen LogP contribution >= 0.6 is 0 Å². The summed E-state index contributed by atoms with van der Waals surface area (Å²) in [5, 5.41) is 3.00. The van der Waals surface area contributed by atoms with Crippen molar-refractivity contribution in [3.63, 3.8) is 0 Å². The lowest BCUT2D eigenvalue weighted by molar-refractivity contribution is -0.130. The molecule has 14 heavy (non-hydrogen) atoms. The van der Waals surface area contributed by atoms with Crippen molar-refractivity contribution >= 4 is 5.91 Å². The Labute approximate surface area is 84.2 Å². The molecular formula is C10H18N2O2. The zero-order valence-corrected chi connectivity index (χ0v) is 8.37. The van der Waals surface area contributed by atoms with E-state index in [4.69, 9.17) is 10.5 Å². The van der Waals surface area contributed by atoms with Gasteiger partial charge in [-0.05, 0) is 25.3 Å². The molecule has 3 N–H and O–H groups in total. The number of nitrogens with two attached hydrogens (primary N) is 1. The van der Waals surface area contributed by atoms with Gasteiger partial charge in [-0.25, -0.2) is 0 Å². The van der Waals surface area contributed by atoms with Crippen LogP contribution in [0.5, 0.6) is 0 Å². The maximum atomic E-state index is 11.8.